The predicted molar refractivity (Wildman–Crippen MR) is 191 cm³/mol. The van der Waals surface area contributed by atoms with Gasteiger partial charge in [0.25, 0.3) is 0 Å². The van der Waals surface area contributed by atoms with Gasteiger partial charge in [-0.15, -0.1) is 0 Å². The molecule has 1 heterocycles. The third kappa shape index (κ3) is 7.94. The highest BCUT2D eigenvalue weighted by atomic mass is 16.5. The van der Waals surface area contributed by atoms with Gasteiger partial charge in [-0.05, 0) is 98.8 Å². The summed E-state index contributed by atoms with van der Waals surface area (Å²) in [5.74, 6) is -1.61. The number of hydrogen-bond acceptors (Lipinski definition) is 7. The molecule has 0 unspecified atom stereocenters. The molecule has 3 N–H and O–H groups in total. The highest BCUT2D eigenvalue weighted by molar-refractivity contribution is 6.60. The zero-order valence-electron chi connectivity index (χ0n) is 28.0. The van der Waals surface area contributed by atoms with Gasteiger partial charge in [0, 0.05) is 22.5 Å². The lowest BCUT2D eigenvalue weighted by Gasteiger charge is -2.29. The Morgan fingerprint density at radius 2 is 1.12 bits per heavy atom. The van der Waals surface area contributed by atoms with Crippen LogP contribution >= 0.6 is 0 Å². The summed E-state index contributed by atoms with van der Waals surface area (Å²) in [6.45, 7) is 9.64. The third-order valence-electron chi connectivity index (χ3n) is 8.70. The maximum atomic E-state index is 14.2. The van der Waals surface area contributed by atoms with Crippen LogP contribution in [0.25, 0.3) is 17.1 Å². The van der Waals surface area contributed by atoms with Crippen molar-refractivity contribution in [1.29, 1.82) is 0 Å². The predicted octanol–water partition coefficient (Wildman–Crippen LogP) is 4.92. The zero-order valence-corrected chi connectivity index (χ0v) is 28.0. The fourth-order valence-corrected chi connectivity index (χ4v) is 5.50. The van der Waals surface area contributed by atoms with Crippen molar-refractivity contribution in [2.45, 2.75) is 53.9 Å². The number of nitrogens with zero attached hydrogens (tertiary/aromatic N) is 3. The van der Waals surface area contributed by atoms with E-state index >= 15 is 0 Å². The molecule has 15 heteroatoms. The number of carbonyl (C=O) groups excluding carboxylic acids is 3. The molecule has 13 nitrogen and oxygen atoms in total. The van der Waals surface area contributed by atoms with E-state index in [9.17, 15) is 28.8 Å². The van der Waals surface area contributed by atoms with Crippen LogP contribution in [0.3, 0.4) is 0 Å². The van der Waals surface area contributed by atoms with Crippen molar-refractivity contribution in [3.05, 3.63) is 103 Å². The number of rotatable bonds is 11. The topological polar surface area (TPSA) is 163 Å². The number of ether oxygens (including phenoxy) is 1. The van der Waals surface area contributed by atoms with Crippen LogP contribution < -0.4 is 33.0 Å². The molecule has 0 bridgehead atoms. The Morgan fingerprint density at radius 3 is 1.67 bits per heavy atom. The maximum Gasteiger partial charge on any atom is 0.411 e. The minimum absolute atomic E-state index is 0.0824. The number of aromatic nitrogens is 3. The summed E-state index contributed by atoms with van der Waals surface area (Å²) >= 11 is 0. The van der Waals surface area contributed by atoms with Crippen LogP contribution in [0.15, 0.2) is 75.0 Å². The Morgan fingerprint density at radius 1 is 0.633 bits per heavy atom. The van der Waals surface area contributed by atoms with Gasteiger partial charge in [0.1, 0.15) is 0 Å². The average Bonchev–Trinajstić information content (AvgIpc) is 3.04. The van der Waals surface area contributed by atoms with Crippen molar-refractivity contribution in [2.24, 2.45) is 5.41 Å². The van der Waals surface area contributed by atoms with Crippen molar-refractivity contribution in [1.82, 2.24) is 13.7 Å². The van der Waals surface area contributed by atoms with Gasteiger partial charge in [0.2, 0.25) is 15.7 Å². The van der Waals surface area contributed by atoms with Crippen LogP contribution in [0.2, 0.25) is 0 Å². The van der Waals surface area contributed by atoms with E-state index in [2.05, 4.69) is 16.0 Å². The molecule has 4 radical (unpaired) electrons. The molecule has 49 heavy (non-hydrogen) atoms. The molecular formula is C34H36B2N6O7. The van der Waals surface area contributed by atoms with E-state index in [1.54, 1.807) is 26.0 Å². The highest BCUT2D eigenvalue weighted by Gasteiger charge is 2.26. The van der Waals surface area contributed by atoms with Gasteiger partial charge in [0.15, 0.2) is 11.6 Å². The molecule has 4 aromatic rings. The van der Waals surface area contributed by atoms with E-state index in [0.717, 1.165) is 33.0 Å². The van der Waals surface area contributed by atoms with Gasteiger partial charge in [-0.2, -0.15) is 0 Å². The summed E-state index contributed by atoms with van der Waals surface area (Å²) in [4.78, 5) is 78.0. The van der Waals surface area contributed by atoms with Gasteiger partial charge >= 0.3 is 23.2 Å². The molecule has 0 aliphatic rings. The number of amides is 3. The number of hydrogen-bond donors (Lipinski definition) is 3. The lowest BCUT2D eigenvalue weighted by molar-refractivity contribution is 0.0816. The average molecular weight is 662 g/mol. The van der Waals surface area contributed by atoms with Gasteiger partial charge in [-0.1, -0.05) is 26.8 Å². The summed E-state index contributed by atoms with van der Waals surface area (Å²) in [7, 11) is 10.5. The molecular weight excluding hydrogens is 626 g/mol. The summed E-state index contributed by atoms with van der Waals surface area (Å²) in [5.41, 5.74) is -1.05. The molecule has 4 rings (SSSR count). The van der Waals surface area contributed by atoms with E-state index in [0.29, 0.717) is 22.5 Å². The Labute approximate surface area is 285 Å². The lowest BCUT2D eigenvalue weighted by Crippen LogP contribution is -2.53. The molecule has 3 amide bonds. The lowest BCUT2D eigenvalue weighted by atomic mass is 9.81. The summed E-state index contributed by atoms with van der Waals surface area (Å²) in [6.07, 6.45) is 1.80. The Balaban J connectivity index is 1.91. The summed E-state index contributed by atoms with van der Waals surface area (Å²) < 4.78 is 8.02. The number of anilines is 3. The molecule has 0 spiro atoms. The minimum atomic E-state index is -0.993. The number of nitrogens with one attached hydrogen (secondary N) is 3. The number of benzene rings is 3. The Hall–Kier alpha value is -5.59. The first-order valence-corrected chi connectivity index (χ1v) is 15.6. The van der Waals surface area contributed by atoms with Crippen molar-refractivity contribution >= 4 is 50.5 Å². The minimum Gasteiger partial charge on any atom is -0.449 e. The largest absolute Gasteiger partial charge is 0.449 e. The van der Waals surface area contributed by atoms with Crippen molar-refractivity contribution in [2.75, 3.05) is 22.6 Å². The molecule has 0 aliphatic carbocycles. The van der Waals surface area contributed by atoms with Crippen LogP contribution in [-0.2, 0) is 4.74 Å². The van der Waals surface area contributed by atoms with Crippen LogP contribution in [0, 0.1) is 19.3 Å². The van der Waals surface area contributed by atoms with Crippen LogP contribution in [0.5, 0.6) is 0 Å². The van der Waals surface area contributed by atoms with Gasteiger partial charge in [0.05, 0.1) is 23.7 Å². The van der Waals surface area contributed by atoms with E-state index in [-0.39, 0.29) is 34.8 Å². The second-order valence-corrected chi connectivity index (χ2v) is 11.6. The molecule has 250 valence electrons. The van der Waals surface area contributed by atoms with Gasteiger partial charge < -0.3 is 15.4 Å². The first kappa shape index (κ1) is 36.2. The van der Waals surface area contributed by atoms with Gasteiger partial charge in [-0.25, -0.2) is 32.9 Å². The Bertz CT molecular complexity index is 2070. The fourth-order valence-electron chi connectivity index (χ4n) is 5.50. The fraction of sp³-hybridized carbons (Fsp3) is 0.294. The molecule has 0 atom stereocenters. The van der Waals surface area contributed by atoms with Crippen LogP contribution in [0.4, 0.5) is 31.4 Å². The molecule has 0 saturated heterocycles. The third-order valence-corrected chi connectivity index (χ3v) is 8.70. The van der Waals surface area contributed by atoms with Crippen LogP contribution in [-0.4, -0.2) is 53.7 Å². The summed E-state index contributed by atoms with van der Waals surface area (Å²) in [5, 5.41) is 7.53. The number of carbonyl (C=O) groups is 3. The number of aryl methyl sites for hydroxylation is 2. The van der Waals surface area contributed by atoms with E-state index in [1.165, 1.54) is 48.5 Å². The van der Waals surface area contributed by atoms with E-state index in [1.807, 2.05) is 20.8 Å². The molecule has 1 aromatic heterocycles. The normalized spacial score (nSPS) is 11.1. The monoisotopic (exact) mass is 662 g/mol. The highest BCUT2D eigenvalue weighted by Crippen LogP contribution is 2.30. The van der Waals surface area contributed by atoms with Crippen molar-refractivity contribution in [3.8, 4) is 17.1 Å². The standard InChI is InChI=1S/C34H36B2N6O7/c1-6-34(7-2,8-3)19-49-30(45)39-24-10-9-20(4)27(18-24)42-32(47)40(25-14-11-22(12-15-25)37-28(35)43)31(46)41(33(42)48)26-16-13-23(17-21(26)5)38-29(36)44/h9-18H,6-8,19H2,1-5H3,(H,37,43)(H,38,44)(H,39,45). The SMILES string of the molecule is [B]C(=O)Nc1ccc(-n2c(=O)n(-c3ccc(NC([B])=O)cc3C)c(=O)n(-c3cc(NC(=O)OCC(CC)(CC)CC)ccc3C)c2=O)cc1. The van der Waals surface area contributed by atoms with E-state index in [4.69, 9.17) is 20.4 Å². The van der Waals surface area contributed by atoms with E-state index < -0.39 is 34.8 Å². The van der Waals surface area contributed by atoms with Crippen molar-refractivity contribution < 1.29 is 19.1 Å². The molecule has 0 saturated carbocycles. The second kappa shape index (κ2) is 15.1. The molecule has 0 aliphatic heterocycles. The maximum absolute atomic E-state index is 14.2. The van der Waals surface area contributed by atoms with Crippen LogP contribution in [0.1, 0.15) is 51.2 Å². The zero-order chi connectivity index (χ0) is 36.0. The summed E-state index contributed by atoms with van der Waals surface area (Å²) in [6, 6.07) is 14.8. The van der Waals surface area contributed by atoms with Gasteiger partial charge in [-0.3, -0.25) is 14.9 Å². The Kier molecular flexibility index (Phi) is 11.2. The smallest absolute Gasteiger partial charge is 0.411 e. The second-order valence-electron chi connectivity index (χ2n) is 11.6. The quantitative estimate of drug-likeness (QED) is 0.192. The molecule has 0 fully saturated rings. The first-order chi connectivity index (χ1) is 23.2. The van der Waals surface area contributed by atoms with Crippen molar-refractivity contribution in [3.63, 3.8) is 0 Å². The first-order valence-electron chi connectivity index (χ1n) is 15.6. The molecule has 3 aromatic carbocycles.